The first-order valence-electron chi connectivity index (χ1n) is 8.75. The third-order valence-corrected chi connectivity index (χ3v) is 5.70. The van der Waals surface area contributed by atoms with Crippen LogP contribution >= 0.6 is 11.3 Å². The van der Waals surface area contributed by atoms with Crippen molar-refractivity contribution in [1.29, 1.82) is 0 Å². The minimum Gasteiger partial charge on any atom is -0.357 e. The molecule has 0 N–H and O–H groups in total. The number of fused-ring (bicyclic) bond motifs is 1. The molecule has 5 nitrogen and oxygen atoms in total. The fraction of sp³-hybridized carbons (Fsp3) is 0.200. The van der Waals surface area contributed by atoms with Gasteiger partial charge in [0.15, 0.2) is 0 Å². The number of aromatic nitrogens is 4. The molecule has 0 radical (unpaired) electrons. The van der Waals surface area contributed by atoms with Gasteiger partial charge in [0.25, 0.3) is 0 Å². The quantitative estimate of drug-likeness (QED) is 0.542. The van der Waals surface area contributed by atoms with Gasteiger partial charge in [-0.05, 0) is 37.1 Å². The molecule has 0 atom stereocenters. The summed E-state index contributed by atoms with van der Waals surface area (Å²) in [6.07, 6.45) is 9.94. The van der Waals surface area contributed by atoms with Crippen molar-refractivity contribution in [1.82, 2.24) is 19.9 Å². The number of anilines is 1. The minimum atomic E-state index is 0.912. The summed E-state index contributed by atoms with van der Waals surface area (Å²) in [4.78, 5) is 21.5. The summed E-state index contributed by atoms with van der Waals surface area (Å²) in [6, 6.07) is 10.2. The lowest BCUT2D eigenvalue weighted by Gasteiger charge is -2.15. The molecule has 4 aromatic rings. The number of hydrogen-bond donors (Lipinski definition) is 0. The van der Waals surface area contributed by atoms with E-state index in [1.54, 1.807) is 17.5 Å². The van der Waals surface area contributed by atoms with Gasteiger partial charge in [-0.2, -0.15) is 0 Å². The van der Waals surface area contributed by atoms with Gasteiger partial charge in [0.1, 0.15) is 21.2 Å². The SMILES string of the molecule is c1cncc(-c2cnc3sc(-c4ccc(N5CCCC5)nc4)nc3c2)c1. The Kier molecular flexibility index (Phi) is 3.83. The zero-order valence-corrected chi connectivity index (χ0v) is 15.0. The summed E-state index contributed by atoms with van der Waals surface area (Å²) in [6.45, 7) is 2.21. The Labute approximate surface area is 155 Å². The highest BCUT2D eigenvalue weighted by atomic mass is 32.1. The number of thiazole rings is 1. The molecule has 5 rings (SSSR count). The summed E-state index contributed by atoms with van der Waals surface area (Å²) < 4.78 is 0. The number of pyridine rings is 3. The molecule has 6 heteroatoms. The number of hydrogen-bond acceptors (Lipinski definition) is 6. The van der Waals surface area contributed by atoms with Crippen LogP contribution in [0.2, 0.25) is 0 Å². The molecule has 1 fully saturated rings. The summed E-state index contributed by atoms with van der Waals surface area (Å²) in [7, 11) is 0. The molecule has 5 heterocycles. The highest BCUT2D eigenvalue weighted by molar-refractivity contribution is 7.21. The summed E-state index contributed by atoms with van der Waals surface area (Å²) in [5, 5.41) is 0.955. The Morgan fingerprint density at radius 1 is 0.885 bits per heavy atom. The van der Waals surface area contributed by atoms with E-state index >= 15 is 0 Å². The van der Waals surface area contributed by atoms with E-state index in [2.05, 4.69) is 38.1 Å². The van der Waals surface area contributed by atoms with Crippen LogP contribution in [0.15, 0.2) is 55.1 Å². The van der Waals surface area contributed by atoms with Gasteiger partial charge in [0.05, 0.1) is 0 Å². The van der Waals surface area contributed by atoms with Crippen molar-refractivity contribution in [2.75, 3.05) is 18.0 Å². The van der Waals surface area contributed by atoms with E-state index in [4.69, 9.17) is 4.98 Å². The first-order chi connectivity index (χ1) is 12.9. The maximum atomic E-state index is 4.78. The largest absolute Gasteiger partial charge is 0.357 e. The predicted octanol–water partition coefficient (Wildman–Crippen LogP) is 4.42. The van der Waals surface area contributed by atoms with Crippen molar-refractivity contribution in [3.05, 3.63) is 55.1 Å². The smallest absolute Gasteiger partial charge is 0.143 e. The summed E-state index contributed by atoms with van der Waals surface area (Å²) in [5.74, 6) is 1.06. The summed E-state index contributed by atoms with van der Waals surface area (Å²) >= 11 is 1.60. The maximum Gasteiger partial charge on any atom is 0.143 e. The van der Waals surface area contributed by atoms with Gasteiger partial charge in [-0.3, -0.25) is 4.98 Å². The standard InChI is InChI=1S/C20H17N5S/c1-2-9-25(8-1)18-6-5-15(12-22-18)19-24-17-10-16(13-23-20(17)26-19)14-4-3-7-21-11-14/h3-7,10-13H,1-2,8-9H2. The molecule has 0 aliphatic carbocycles. The average molecular weight is 359 g/mol. The molecular weight excluding hydrogens is 342 g/mol. The molecule has 26 heavy (non-hydrogen) atoms. The summed E-state index contributed by atoms with van der Waals surface area (Å²) in [5.41, 5.74) is 4.03. The van der Waals surface area contributed by atoms with E-state index in [1.807, 2.05) is 30.7 Å². The molecule has 1 saturated heterocycles. The molecule has 0 unspecified atom stereocenters. The molecule has 0 amide bonds. The van der Waals surface area contributed by atoms with E-state index < -0.39 is 0 Å². The Morgan fingerprint density at radius 3 is 2.54 bits per heavy atom. The molecule has 1 aliphatic rings. The molecule has 1 aliphatic heterocycles. The van der Waals surface area contributed by atoms with Crippen LogP contribution < -0.4 is 4.90 Å². The van der Waals surface area contributed by atoms with Crippen LogP contribution in [-0.4, -0.2) is 33.0 Å². The fourth-order valence-corrected chi connectivity index (χ4v) is 4.16. The van der Waals surface area contributed by atoms with Crippen LogP contribution in [0, 0.1) is 0 Å². The van der Waals surface area contributed by atoms with Crippen LogP contribution in [0.5, 0.6) is 0 Å². The Morgan fingerprint density at radius 2 is 1.77 bits per heavy atom. The zero-order chi connectivity index (χ0) is 17.3. The van der Waals surface area contributed by atoms with Crippen molar-refractivity contribution in [3.63, 3.8) is 0 Å². The molecule has 0 spiro atoms. The van der Waals surface area contributed by atoms with E-state index in [-0.39, 0.29) is 0 Å². The first-order valence-corrected chi connectivity index (χ1v) is 9.57. The van der Waals surface area contributed by atoms with E-state index in [9.17, 15) is 0 Å². The average Bonchev–Trinajstić information content (AvgIpc) is 3.38. The minimum absolute atomic E-state index is 0.912. The normalized spacial score (nSPS) is 14.2. The van der Waals surface area contributed by atoms with Crippen LogP contribution in [0.25, 0.3) is 32.0 Å². The van der Waals surface area contributed by atoms with Crippen molar-refractivity contribution in [3.8, 4) is 21.7 Å². The Hall–Kier alpha value is -2.86. The Bertz CT molecular complexity index is 1040. The van der Waals surface area contributed by atoms with Crippen LogP contribution in [0.1, 0.15) is 12.8 Å². The van der Waals surface area contributed by atoms with Crippen LogP contribution in [0.3, 0.4) is 0 Å². The lowest BCUT2D eigenvalue weighted by molar-refractivity contribution is 0.938. The van der Waals surface area contributed by atoms with Crippen molar-refractivity contribution >= 4 is 27.5 Å². The van der Waals surface area contributed by atoms with Crippen molar-refractivity contribution in [2.24, 2.45) is 0 Å². The van der Waals surface area contributed by atoms with Gasteiger partial charge in [0.2, 0.25) is 0 Å². The first kappa shape index (κ1) is 15.4. The Balaban J connectivity index is 1.47. The van der Waals surface area contributed by atoms with Gasteiger partial charge in [-0.1, -0.05) is 17.4 Å². The van der Waals surface area contributed by atoms with Crippen molar-refractivity contribution in [2.45, 2.75) is 12.8 Å². The van der Waals surface area contributed by atoms with Gasteiger partial charge < -0.3 is 4.90 Å². The molecule has 0 aromatic carbocycles. The van der Waals surface area contributed by atoms with E-state index in [0.717, 1.165) is 51.0 Å². The van der Waals surface area contributed by atoms with E-state index in [0.29, 0.717) is 0 Å². The lowest BCUT2D eigenvalue weighted by atomic mass is 10.1. The van der Waals surface area contributed by atoms with Crippen LogP contribution in [-0.2, 0) is 0 Å². The highest BCUT2D eigenvalue weighted by Crippen LogP contribution is 2.31. The topological polar surface area (TPSA) is 54.8 Å². The second-order valence-electron chi connectivity index (χ2n) is 6.41. The van der Waals surface area contributed by atoms with Gasteiger partial charge in [0, 0.05) is 54.6 Å². The predicted molar refractivity (Wildman–Crippen MR) is 105 cm³/mol. The third kappa shape index (κ3) is 2.82. The second kappa shape index (κ2) is 6.46. The molecule has 0 bridgehead atoms. The molecule has 4 aromatic heterocycles. The zero-order valence-electron chi connectivity index (χ0n) is 14.2. The highest BCUT2D eigenvalue weighted by Gasteiger charge is 2.14. The molecule has 0 saturated carbocycles. The lowest BCUT2D eigenvalue weighted by Crippen LogP contribution is -2.18. The van der Waals surface area contributed by atoms with Gasteiger partial charge in [-0.25, -0.2) is 15.0 Å². The van der Waals surface area contributed by atoms with Gasteiger partial charge >= 0.3 is 0 Å². The van der Waals surface area contributed by atoms with Gasteiger partial charge in [-0.15, -0.1) is 0 Å². The van der Waals surface area contributed by atoms with Crippen LogP contribution in [0.4, 0.5) is 5.82 Å². The molecular formula is C20H17N5S. The molecule has 128 valence electrons. The monoisotopic (exact) mass is 359 g/mol. The number of nitrogens with zero attached hydrogens (tertiary/aromatic N) is 5. The number of rotatable bonds is 3. The maximum absolute atomic E-state index is 4.78. The fourth-order valence-electron chi connectivity index (χ4n) is 3.28. The second-order valence-corrected chi connectivity index (χ2v) is 7.39. The third-order valence-electron chi connectivity index (χ3n) is 4.67. The van der Waals surface area contributed by atoms with E-state index in [1.165, 1.54) is 12.8 Å². The van der Waals surface area contributed by atoms with Crippen molar-refractivity contribution < 1.29 is 0 Å².